The van der Waals surface area contributed by atoms with Gasteiger partial charge in [0.25, 0.3) is 0 Å². The van der Waals surface area contributed by atoms with Crippen molar-refractivity contribution in [1.82, 2.24) is 10.9 Å². The first kappa shape index (κ1) is 8.39. The number of rotatable bonds is 2. The Labute approximate surface area is 68.9 Å². The molecule has 8 heavy (non-hydrogen) atoms. The van der Waals surface area contributed by atoms with Gasteiger partial charge in [-0.1, -0.05) is 0 Å². The maximum Gasteiger partial charge on any atom is 1.00 e. The molecule has 0 unspecified atom stereocenters. The van der Waals surface area contributed by atoms with Crippen molar-refractivity contribution in [2.75, 3.05) is 0 Å². The second-order valence-electron chi connectivity index (χ2n) is 1.42. The van der Waals surface area contributed by atoms with Crippen LogP contribution in [0.1, 0.15) is 6.42 Å². The third kappa shape index (κ3) is 3.40. The Morgan fingerprint density at radius 2 is 2.12 bits per heavy atom. The molecule has 1 fully saturated rings. The van der Waals surface area contributed by atoms with E-state index in [4.69, 9.17) is 0 Å². The Kier molecular flexibility index (Phi) is 3.59. The van der Waals surface area contributed by atoms with Crippen molar-refractivity contribution in [1.29, 1.82) is 0 Å². The van der Waals surface area contributed by atoms with Crippen LogP contribution in [0.4, 0.5) is 0 Å². The van der Waals surface area contributed by atoms with Gasteiger partial charge in [-0.25, -0.2) is 10.9 Å². The predicted molar refractivity (Wildman–Crippen MR) is 19.7 cm³/mol. The molecule has 40 valence electrons. The molecule has 1 aliphatic rings. The topological polar surface area (TPSA) is 84.0 Å². The minimum absolute atomic E-state index is 0. The second kappa shape index (κ2) is 3.42. The van der Waals surface area contributed by atoms with E-state index in [9.17, 15) is 9.90 Å². The van der Waals surface area contributed by atoms with Crippen LogP contribution in [0.2, 0.25) is 0 Å². The Hall–Kier alpha value is 0.390. The number of carbonyl (C=O) groups is 1. The summed E-state index contributed by atoms with van der Waals surface area (Å²) >= 11 is 0. The molecule has 1 rings (SSSR count). The van der Waals surface area contributed by atoms with Gasteiger partial charge in [-0.05, 0) is 0 Å². The third-order valence-electron chi connectivity index (χ3n) is 0.719. The molecule has 0 saturated carbocycles. The summed E-state index contributed by atoms with van der Waals surface area (Å²) in [7, 11) is 0. The van der Waals surface area contributed by atoms with E-state index in [-0.39, 0.29) is 42.1 Å². The SMILES string of the molecule is O=C([O-])CC1NN1.[Na+]. The Bertz CT molecular complexity index is 93.3. The van der Waals surface area contributed by atoms with Crippen LogP contribution in [0.15, 0.2) is 0 Å². The Morgan fingerprint density at radius 1 is 1.62 bits per heavy atom. The largest absolute Gasteiger partial charge is 1.00 e. The minimum Gasteiger partial charge on any atom is -0.550 e. The average Bonchev–Trinajstić information content (AvgIpc) is 2.17. The summed E-state index contributed by atoms with van der Waals surface area (Å²) < 4.78 is 0. The maximum atomic E-state index is 9.66. The van der Waals surface area contributed by atoms with Crippen molar-refractivity contribution in [2.24, 2.45) is 0 Å². The minimum atomic E-state index is -1.03. The maximum absolute atomic E-state index is 9.66. The van der Waals surface area contributed by atoms with Gasteiger partial charge >= 0.3 is 29.6 Å². The number of hydrogen-bond acceptors (Lipinski definition) is 4. The number of carboxylic acid groups (broad SMARTS) is 1. The van der Waals surface area contributed by atoms with Gasteiger partial charge in [0, 0.05) is 12.4 Å². The van der Waals surface area contributed by atoms with E-state index in [1.54, 1.807) is 0 Å². The number of hydrogen-bond donors (Lipinski definition) is 2. The van der Waals surface area contributed by atoms with Gasteiger partial charge in [0.2, 0.25) is 0 Å². The number of aliphatic carboxylic acids is 1. The summed E-state index contributed by atoms with van der Waals surface area (Å²) in [5.41, 5.74) is 5.19. The predicted octanol–water partition coefficient (Wildman–Crippen LogP) is -5.44. The second-order valence-corrected chi connectivity index (χ2v) is 1.42. The zero-order valence-electron chi connectivity index (χ0n) is 4.60. The Morgan fingerprint density at radius 3 is 2.25 bits per heavy atom. The third-order valence-corrected chi connectivity index (χ3v) is 0.719. The van der Waals surface area contributed by atoms with Gasteiger partial charge in [0.15, 0.2) is 0 Å². The molecular formula is C3H5N2NaO2. The molecule has 5 heteroatoms. The summed E-state index contributed by atoms with van der Waals surface area (Å²) in [6, 6.07) is 0. The molecule has 0 aromatic rings. The van der Waals surface area contributed by atoms with Crippen LogP contribution in [0.3, 0.4) is 0 Å². The first-order valence-electron chi connectivity index (χ1n) is 2.00. The van der Waals surface area contributed by atoms with E-state index in [2.05, 4.69) is 10.9 Å². The Balaban J connectivity index is 0.000000490. The van der Waals surface area contributed by atoms with Crippen LogP contribution in [-0.4, -0.2) is 12.1 Å². The van der Waals surface area contributed by atoms with Crippen molar-refractivity contribution in [3.8, 4) is 0 Å². The molecule has 2 N–H and O–H groups in total. The molecule has 1 saturated heterocycles. The molecule has 0 aliphatic carbocycles. The van der Waals surface area contributed by atoms with E-state index in [1.165, 1.54) is 0 Å². The van der Waals surface area contributed by atoms with Gasteiger partial charge in [-0.3, -0.25) is 0 Å². The summed E-state index contributed by atoms with van der Waals surface area (Å²) in [5.74, 6) is -1.03. The van der Waals surface area contributed by atoms with Gasteiger partial charge < -0.3 is 9.90 Å². The number of nitrogens with one attached hydrogen (secondary N) is 2. The average molecular weight is 124 g/mol. The van der Waals surface area contributed by atoms with Gasteiger partial charge in [0.1, 0.15) is 0 Å². The van der Waals surface area contributed by atoms with Crippen molar-refractivity contribution in [3.63, 3.8) is 0 Å². The van der Waals surface area contributed by atoms with E-state index >= 15 is 0 Å². The van der Waals surface area contributed by atoms with Crippen LogP contribution in [0.5, 0.6) is 0 Å². The molecule has 1 heterocycles. The van der Waals surface area contributed by atoms with Crippen LogP contribution < -0.4 is 45.5 Å². The molecular weight excluding hydrogens is 119 g/mol. The molecule has 0 aromatic heterocycles. The molecule has 1 aliphatic heterocycles. The zero-order chi connectivity index (χ0) is 5.28. The molecule has 0 aromatic carbocycles. The summed E-state index contributed by atoms with van der Waals surface area (Å²) in [4.78, 5) is 9.66. The fourth-order valence-electron chi connectivity index (χ4n) is 0.328. The van der Waals surface area contributed by atoms with E-state index in [0.29, 0.717) is 0 Å². The number of hydrazine groups is 1. The molecule has 4 nitrogen and oxygen atoms in total. The fraction of sp³-hybridized carbons (Fsp3) is 0.667. The standard InChI is InChI=1S/C3H6N2O2.Na/c6-3(7)1-2-4-5-2;/h2,4-5H,1H2,(H,6,7);/q;+1/p-1. The van der Waals surface area contributed by atoms with Gasteiger partial charge in [0.05, 0.1) is 6.17 Å². The first-order valence-corrected chi connectivity index (χ1v) is 2.00. The van der Waals surface area contributed by atoms with Crippen molar-refractivity contribution in [3.05, 3.63) is 0 Å². The number of carboxylic acids is 1. The molecule has 0 atom stereocenters. The van der Waals surface area contributed by atoms with E-state index in [1.807, 2.05) is 0 Å². The molecule has 0 amide bonds. The van der Waals surface area contributed by atoms with Crippen LogP contribution in [0, 0.1) is 0 Å². The van der Waals surface area contributed by atoms with E-state index < -0.39 is 5.97 Å². The van der Waals surface area contributed by atoms with Crippen molar-refractivity contribution in [2.45, 2.75) is 12.6 Å². The summed E-state index contributed by atoms with van der Waals surface area (Å²) in [6.07, 6.45) is 0.0185. The van der Waals surface area contributed by atoms with E-state index in [0.717, 1.165) is 0 Å². The summed E-state index contributed by atoms with van der Waals surface area (Å²) in [5, 5.41) is 9.66. The zero-order valence-corrected chi connectivity index (χ0v) is 6.60. The monoisotopic (exact) mass is 124 g/mol. The number of carbonyl (C=O) groups excluding carboxylic acids is 1. The molecule has 0 spiro atoms. The van der Waals surface area contributed by atoms with Crippen molar-refractivity contribution >= 4 is 5.97 Å². The first-order chi connectivity index (χ1) is 3.29. The normalized spacial score (nSPS) is 17.0. The van der Waals surface area contributed by atoms with Crippen LogP contribution in [-0.2, 0) is 4.79 Å². The fourth-order valence-corrected chi connectivity index (χ4v) is 0.328. The quantitative estimate of drug-likeness (QED) is 0.284. The van der Waals surface area contributed by atoms with Gasteiger partial charge in [-0.2, -0.15) is 0 Å². The smallest absolute Gasteiger partial charge is 0.550 e. The van der Waals surface area contributed by atoms with Crippen LogP contribution >= 0.6 is 0 Å². The van der Waals surface area contributed by atoms with Gasteiger partial charge in [-0.15, -0.1) is 0 Å². The van der Waals surface area contributed by atoms with Crippen molar-refractivity contribution < 1.29 is 39.5 Å². The van der Waals surface area contributed by atoms with Crippen LogP contribution in [0.25, 0.3) is 0 Å². The summed E-state index contributed by atoms with van der Waals surface area (Å²) in [6.45, 7) is 0. The molecule has 0 radical (unpaired) electrons. The molecule has 0 bridgehead atoms.